The van der Waals surface area contributed by atoms with Crippen molar-refractivity contribution in [1.29, 1.82) is 0 Å². The number of benzene rings is 2. The molecule has 0 saturated heterocycles. The third-order valence-electron chi connectivity index (χ3n) is 3.25. The lowest BCUT2D eigenvalue weighted by Gasteiger charge is -2.20. The van der Waals surface area contributed by atoms with Gasteiger partial charge in [0.15, 0.2) is 6.04 Å². The minimum absolute atomic E-state index is 0.0616. The van der Waals surface area contributed by atoms with Gasteiger partial charge in [0.1, 0.15) is 6.10 Å². The first kappa shape index (κ1) is 15.7. The quantitative estimate of drug-likeness (QED) is 0.755. The second kappa shape index (κ2) is 7.38. The van der Waals surface area contributed by atoms with E-state index in [1.165, 1.54) is 0 Å². The van der Waals surface area contributed by atoms with Crippen molar-refractivity contribution in [1.82, 2.24) is 5.32 Å². The summed E-state index contributed by atoms with van der Waals surface area (Å²) in [5.41, 5.74) is 1.22. The van der Waals surface area contributed by atoms with Gasteiger partial charge in [-0.15, -0.1) is 0 Å². The second-order valence-electron chi connectivity index (χ2n) is 4.90. The minimum Gasteiger partial charge on any atom is -0.480 e. The van der Waals surface area contributed by atoms with Gasteiger partial charge in [-0.2, -0.15) is 0 Å². The summed E-state index contributed by atoms with van der Waals surface area (Å²) < 4.78 is 0. The summed E-state index contributed by atoms with van der Waals surface area (Å²) >= 11 is 0. The number of carbonyl (C=O) groups excluding carboxylic acids is 1. The van der Waals surface area contributed by atoms with Crippen LogP contribution in [0.4, 0.5) is 0 Å². The van der Waals surface area contributed by atoms with E-state index in [2.05, 4.69) is 5.32 Å². The van der Waals surface area contributed by atoms with Crippen LogP contribution in [-0.4, -0.2) is 28.1 Å². The Kier molecular flexibility index (Phi) is 5.27. The highest BCUT2D eigenvalue weighted by atomic mass is 16.4. The van der Waals surface area contributed by atoms with E-state index in [9.17, 15) is 19.8 Å². The van der Waals surface area contributed by atoms with Crippen molar-refractivity contribution in [2.45, 2.75) is 18.6 Å². The number of amides is 1. The molecule has 0 unspecified atom stereocenters. The van der Waals surface area contributed by atoms with Crippen molar-refractivity contribution in [3.63, 3.8) is 0 Å². The van der Waals surface area contributed by atoms with E-state index in [0.29, 0.717) is 5.56 Å². The van der Waals surface area contributed by atoms with Gasteiger partial charge in [0.05, 0.1) is 6.42 Å². The highest BCUT2D eigenvalue weighted by Crippen LogP contribution is 2.17. The minimum atomic E-state index is -1.39. The van der Waals surface area contributed by atoms with Crippen LogP contribution < -0.4 is 5.32 Å². The Hall–Kier alpha value is -2.66. The van der Waals surface area contributed by atoms with Crippen LogP contribution in [0.2, 0.25) is 0 Å². The van der Waals surface area contributed by atoms with Crippen LogP contribution in [0.25, 0.3) is 0 Å². The van der Waals surface area contributed by atoms with Gasteiger partial charge in [0, 0.05) is 0 Å². The first-order valence-electron chi connectivity index (χ1n) is 6.87. The fourth-order valence-electron chi connectivity index (χ4n) is 2.12. The maximum Gasteiger partial charge on any atom is 0.329 e. The van der Waals surface area contributed by atoms with Gasteiger partial charge in [-0.25, -0.2) is 4.79 Å². The zero-order valence-electron chi connectivity index (χ0n) is 11.8. The summed E-state index contributed by atoms with van der Waals surface area (Å²) in [5.74, 6) is -1.73. The summed E-state index contributed by atoms with van der Waals surface area (Å²) in [6.45, 7) is 0. The molecule has 0 aromatic heterocycles. The lowest BCUT2D eigenvalue weighted by atomic mass is 10.0. The first-order chi connectivity index (χ1) is 10.6. The van der Waals surface area contributed by atoms with E-state index in [1.807, 2.05) is 6.07 Å². The molecule has 2 aromatic rings. The molecule has 0 bridgehead atoms. The van der Waals surface area contributed by atoms with Crippen molar-refractivity contribution >= 4 is 11.9 Å². The molecule has 3 N–H and O–H groups in total. The van der Waals surface area contributed by atoms with E-state index in [1.54, 1.807) is 54.6 Å². The van der Waals surface area contributed by atoms with Gasteiger partial charge >= 0.3 is 5.97 Å². The van der Waals surface area contributed by atoms with E-state index in [4.69, 9.17) is 0 Å². The molecule has 5 heteroatoms. The molecule has 0 aliphatic rings. The van der Waals surface area contributed by atoms with E-state index in [-0.39, 0.29) is 6.42 Å². The highest BCUT2D eigenvalue weighted by Gasteiger charge is 2.29. The summed E-state index contributed by atoms with van der Waals surface area (Å²) in [6, 6.07) is 16.0. The molecule has 2 aromatic carbocycles. The number of aliphatic hydroxyl groups is 1. The number of hydrogen-bond donors (Lipinski definition) is 3. The molecule has 114 valence electrons. The maximum absolute atomic E-state index is 12.0. The molecule has 0 spiro atoms. The first-order valence-corrected chi connectivity index (χ1v) is 6.87. The molecule has 0 radical (unpaired) electrons. The molecule has 0 aliphatic carbocycles. The topological polar surface area (TPSA) is 86.6 Å². The monoisotopic (exact) mass is 299 g/mol. The van der Waals surface area contributed by atoms with Crippen molar-refractivity contribution < 1.29 is 19.8 Å². The predicted octanol–water partition coefficient (Wildman–Crippen LogP) is 1.53. The fraction of sp³-hybridized carbons (Fsp3) is 0.176. The number of hydrogen-bond acceptors (Lipinski definition) is 3. The normalized spacial score (nSPS) is 13.1. The molecule has 2 atom stereocenters. The molecule has 22 heavy (non-hydrogen) atoms. The molecule has 1 amide bonds. The third-order valence-corrected chi connectivity index (χ3v) is 3.25. The summed E-state index contributed by atoms with van der Waals surface area (Å²) in [4.78, 5) is 23.3. The zero-order chi connectivity index (χ0) is 15.9. The molecule has 0 fully saturated rings. The van der Waals surface area contributed by atoms with Crippen LogP contribution in [0.3, 0.4) is 0 Å². The zero-order valence-corrected chi connectivity index (χ0v) is 11.8. The number of nitrogens with one attached hydrogen (secondary N) is 1. The van der Waals surface area contributed by atoms with Crippen LogP contribution in [0.5, 0.6) is 0 Å². The summed E-state index contributed by atoms with van der Waals surface area (Å²) in [7, 11) is 0. The predicted molar refractivity (Wildman–Crippen MR) is 81.1 cm³/mol. The van der Waals surface area contributed by atoms with Crippen LogP contribution in [-0.2, 0) is 16.0 Å². The number of aliphatic carboxylic acids is 1. The molecule has 0 aliphatic heterocycles. The lowest BCUT2D eigenvalue weighted by molar-refractivity contribution is -0.145. The van der Waals surface area contributed by atoms with Gasteiger partial charge in [-0.1, -0.05) is 60.7 Å². The Morgan fingerprint density at radius 2 is 1.50 bits per heavy atom. The molecule has 5 nitrogen and oxygen atoms in total. The average molecular weight is 299 g/mol. The van der Waals surface area contributed by atoms with Gasteiger partial charge in [0.25, 0.3) is 0 Å². The number of carboxylic acid groups (broad SMARTS) is 1. The van der Waals surface area contributed by atoms with E-state index in [0.717, 1.165) is 5.56 Å². The number of carboxylic acids is 1. The lowest BCUT2D eigenvalue weighted by Crippen LogP contribution is -2.45. The number of rotatable bonds is 6. The Morgan fingerprint density at radius 3 is 2.05 bits per heavy atom. The van der Waals surface area contributed by atoms with Gasteiger partial charge in [0.2, 0.25) is 5.91 Å². The molecule has 2 rings (SSSR count). The van der Waals surface area contributed by atoms with Crippen LogP contribution in [0, 0.1) is 0 Å². The van der Waals surface area contributed by atoms with Crippen molar-refractivity contribution in [3.8, 4) is 0 Å². The van der Waals surface area contributed by atoms with Crippen molar-refractivity contribution in [3.05, 3.63) is 71.8 Å². The van der Waals surface area contributed by atoms with Gasteiger partial charge < -0.3 is 15.5 Å². The Morgan fingerprint density at radius 1 is 0.955 bits per heavy atom. The van der Waals surface area contributed by atoms with E-state index < -0.39 is 24.0 Å². The number of aliphatic hydroxyl groups excluding tert-OH is 1. The molecular formula is C17H17NO4. The highest BCUT2D eigenvalue weighted by molar-refractivity contribution is 5.85. The Bertz CT molecular complexity index is 628. The average Bonchev–Trinajstić information content (AvgIpc) is 2.53. The maximum atomic E-state index is 12.0. The van der Waals surface area contributed by atoms with Crippen LogP contribution in [0.15, 0.2) is 60.7 Å². The third kappa shape index (κ3) is 4.17. The standard InChI is InChI=1S/C17H17NO4/c19-14(11-12-7-3-1-4-8-12)18-15(17(21)22)16(20)13-9-5-2-6-10-13/h1-10,15-16,20H,11H2,(H,18,19)(H,21,22)/t15-,16+/m1/s1. The second-order valence-corrected chi connectivity index (χ2v) is 4.90. The van der Waals surface area contributed by atoms with Crippen LogP contribution >= 0.6 is 0 Å². The van der Waals surface area contributed by atoms with Gasteiger partial charge in [-0.05, 0) is 11.1 Å². The SMILES string of the molecule is O=C(Cc1ccccc1)N[C@@H](C(=O)O)[C@@H](O)c1ccccc1. The largest absolute Gasteiger partial charge is 0.480 e. The molecule has 0 saturated carbocycles. The van der Waals surface area contributed by atoms with E-state index >= 15 is 0 Å². The molecular weight excluding hydrogens is 282 g/mol. The van der Waals surface area contributed by atoms with Crippen LogP contribution in [0.1, 0.15) is 17.2 Å². The summed E-state index contributed by atoms with van der Waals surface area (Å²) in [5, 5.41) is 21.8. The van der Waals surface area contributed by atoms with Gasteiger partial charge in [-0.3, -0.25) is 4.79 Å². The smallest absolute Gasteiger partial charge is 0.329 e. The molecule has 0 heterocycles. The van der Waals surface area contributed by atoms with Crippen molar-refractivity contribution in [2.75, 3.05) is 0 Å². The number of carbonyl (C=O) groups is 2. The Balaban J connectivity index is 2.06. The fourth-order valence-corrected chi connectivity index (χ4v) is 2.12. The van der Waals surface area contributed by atoms with Crippen molar-refractivity contribution in [2.24, 2.45) is 0 Å². The summed E-state index contributed by atoms with van der Waals surface area (Å²) in [6.07, 6.45) is -1.25. The Labute approximate surface area is 128 Å².